The fourth-order valence-electron chi connectivity index (χ4n) is 3.21. The zero-order valence-corrected chi connectivity index (χ0v) is 11.3. The van der Waals surface area contributed by atoms with Crippen molar-refractivity contribution < 1.29 is 13.2 Å². The first-order valence-electron chi connectivity index (χ1n) is 6.38. The Hall–Kier alpha value is -1.40. The first kappa shape index (κ1) is 12.6. The van der Waals surface area contributed by atoms with E-state index in [-0.39, 0.29) is 17.0 Å². The first-order chi connectivity index (χ1) is 8.95. The van der Waals surface area contributed by atoms with Crippen LogP contribution in [0.2, 0.25) is 0 Å². The van der Waals surface area contributed by atoms with E-state index in [1.54, 1.807) is 12.1 Å². The zero-order valence-electron chi connectivity index (χ0n) is 10.5. The van der Waals surface area contributed by atoms with Crippen LogP contribution < -0.4 is 10.0 Å². The molecule has 0 amide bonds. The van der Waals surface area contributed by atoms with E-state index >= 15 is 0 Å². The molecule has 2 aliphatic heterocycles. The number of nitrogens with zero attached hydrogens (tertiary/aromatic N) is 1. The van der Waals surface area contributed by atoms with Gasteiger partial charge in [0.15, 0.2) is 0 Å². The highest BCUT2D eigenvalue weighted by Gasteiger charge is 2.40. The number of carbonyl (C=O) groups is 1. The summed E-state index contributed by atoms with van der Waals surface area (Å²) in [7, 11) is -3.68. The second-order valence-electron chi connectivity index (χ2n) is 5.28. The van der Waals surface area contributed by atoms with Crippen molar-refractivity contribution in [3.05, 3.63) is 24.3 Å². The molecule has 3 rings (SSSR count). The summed E-state index contributed by atoms with van der Waals surface area (Å²) in [6.07, 6.45) is 3.12. The van der Waals surface area contributed by atoms with Gasteiger partial charge in [-0.3, -0.25) is 4.79 Å². The van der Waals surface area contributed by atoms with Crippen LogP contribution in [-0.4, -0.2) is 26.3 Å². The Kier molecular flexibility index (Phi) is 2.87. The number of anilines is 1. The molecular weight excluding hydrogens is 264 g/mol. The Balaban J connectivity index is 1.98. The summed E-state index contributed by atoms with van der Waals surface area (Å²) in [6.45, 7) is 0. The summed E-state index contributed by atoms with van der Waals surface area (Å²) in [5.41, 5.74) is 0.853. The molecule has 19 heavy (non-hydrogen) atoms. The molecular formula is C13H16N2O3S. The van der Waals surface area contributed by atoms with Gasteiger partial charge in [0.2, 0.25) is 10.0 Å². The molecule has 0 spiro atoms. The summed E-state index contributed by atoms with van der Waals surface area (Å²) in [5, 5.41) is 5.16. The Labute approximate surface area is 112 Å². The van der Waals surface area contributed by atoms with Gasteiger partial charge in [0, 0.05) is 30.6 Å². The van der Waals surface area contributed by atoms with Gasteiger partial charge in [-0.25, -0.2) is 13.6 Å². The lowest BCUT2D eigenvalue weighted by molar-refractivity contribution is -0.120. The van der Waals surface area contributed by atoms with Crippen LogP contribution in [0.1, 0.15) is 25.7 Å². The minimum atomic E-state index is -3.68. The number of ketones is 1. The number of nitrogens with two attached hydrogens (primary N) is 1. The van der Waals surface area contributed by atoms with E-state index in [1.165, 1.54) is 6.07 Å². The molecule has 5 nitrogen and oxygen atoms in total. The Morgan fingerprint density at radius 1 is 1.16 bits per heavy atom. The number of primary sulfonamides is 1. The molecule has 0 radical (unpaired) electrons. The van der Waals surface area contributed by atoms with E-state index in [9.17, 15) is 13.2 Å². The third-order valence-electron chi connectivity index (χ3n) is 3.99. The summed E-state index contributed by atoms with van der Waals surface area (Å²) in [4.78, 5) is 13.9. The second-order valence-corrected chi connectivity index (χ2v) is 6.84. The minimum absolute atomic E-state index is 0.126. The van der Waals surface area contributed by atoms with Gasteiger partial charge in [0.05, 0.1) is 4.90 Å². The number of Topliss-reactive ketones (excluding diaryl/α,β-unsaturated/α-hetero) is 1. The van der Waals surface area contributed by atoms with Gasteiger partial charge in [-0.05, 0) is 31.0 Å². The molecule has 2 saturated heterocycles. The van der Waals surface area contributed by atoms with Crippen LogP contribution in [-0.2, 0) is 14.8 Å². The number of fused-ring (bicyclic) bond motifs is 2. The monoisotopic (exact) mass is 280 g/mol. The van der Waals surface area contributed by atoms with E-state index in [0.717, 1.165) is 18.5 Å². The minimum Gasteiger partial charge on any atom is -0.365 e. The van der Waals surface area contributed by atoms with Gasteiger partial charge >= 0.3 is 0 Å². The topological polar surface area (TPSA) is 80.5 Å². The van der Waals surface area contributed by atoms with E-state index in [4.69, 9.17) is 5.14 Å². The van der Waals surface area contributed by atoms with E-state index in [0.29, 0.717) is 18.6 Å². The summed E-state index contributed by atoms with van der Waals surface area (Å²) >= 11 is 0. The molecule has 0 aliphatic carbocycles. The Morgan fingerprint density at radius 3 is 2.37 bits per heavy atom. The number of benzene rings is 1. The Morgan fingerprint density at radius 2 is 1.79 bits per heavy atom. The largest absolute Gasteiger partial charge is 0.365 e. The lowest BCUT2D eigenvalue weighted by Gasteiger charge is -2.36. The van der Waals surface area contributed by atoms with Crippen molar-refractivity contribution in [1.82, 2.24) is 0 Å². The molecule has 2 N–H and O–H groups in total. The lowest BCUT2D eigenvalue weighted by atomic mass is 10.0. The number of carbonyl (C=O) groups excluding carboxylic acids is 1. The number of sulfonamides is 1. The Bertz CT molecular complexity index is 611. The predicted octanol–water partition coefficient (Wildman–Crippen LogP) is 1.03. The van der Waals surface area contributed by atoms with Gasteiger partial charge in [-0.2, -0.15) is 0 Å². The van der Waals surface area contributed by atoms with Gasteiger partial charge in [0.25, 0.3) is 0 Å². The zero-order chi connectivity index (χ0) is 13.6. The van der Waals surface area contributed by atoms with Crippen LogP contribution in [0.5, 0.6) is 0 Å². The fourth-order valence-corrected chi connectivity index (χ4v) is 3.77. The molecule has 0 saturated carbocycles. The highest BCUT2D eigenvalue weighted by molar-refractivity contribution is 7.89. The maximum absolute atomic E-state index is 11.6. The average molecular weight is 280 g/mol. The van der Waals surface area contributed by atoms with Crippen molar-refractivity contribution in [2.24, 2.45) is 5.14 Å². The molecule has 2 fully saturated rings. The molecule has 0 aromatic heterocycles. The van der Waals surface area contributed by atoms with Crippen molar-refractivity contribution >= 4 is 21.5 Å². The third-order valence-corrected chi connectivity index (χ3v) is 4.90. The molecule has 102 valence electrons. The summed E-state index contributed by atoms with van der Waals surface area (Å²) < 4.78 is 22.8. The standard InChI is InChI=1S/C13H16N2O3S/c14-19(17,18)13-3-1-2-9(8-13)15-10-4-5-11(15)7-12(16)6-10/h1-3,8,10-11H,4-7H2,(H2,14,17,18). The smallest absolute Gasteiger partial charge is 0.238 e. The van der Waals surface area contributed by atoms with Crippen LogP contribution >= 0.6 is 0 Å². The highest BCUT2D eigenvalue weighted by Crippen LogP contribution is 2.38. The van der Waals surface area contributed by atoms with Crippen molar-refractivity contribution in [2.75, 3.05) is 4.90 Å². The molecule has 2 aliphatic rings. The van der Waals surface area contributed by atoms with E-state index < -0.39 is 10.0 Å². The maximum Gasteiger partial charge on any atom is 0.238 e. The SMILES string of the molecule is NS(=O)(=O)c1cccc(N2C3CCC2CC(=O)C3)c1. The van der Waals surface area contributed by atoms with Crippen LogP contribution in [0.25, 0.3) is 0 Å². The van der Waals surface area contributed by atoms with Crippen LogP contribution in [0, 0.1) is 0 Å². The number of piperidine rings is 1. The fraction of sp³-hybridized carbons (Fsp3) is 0.462. The molecule has 1 aromatic carbocycles. The quantitative estimate of drug-likeness (QED) is 0.877. The average Bonchev–Trinajstić information content (AvgIpc) is 2.61. The molecule has 1 aromatic rings. The summed E-state index contributed by atoms with van der Waals surface area (Å²) in [6, 6.07) is 7.11. The lowest BCUT2D eigenvalue weighted by Crippen LogP contribution is -2.43. The predicted molar refractivity (Wildman–Crippen MR) is 71.3 cm³/mol. The highest BCUT2D eigenvalue weighted by atomic mass is 32.2. The van der Waals surface area contributed by atoms with E-state index in [2.05, 4.69) is 4.90 Å². The maximum atomic E-state index is 11.6. The van der Waals surface area contributed by atoms with Crippen molar-refractivity contribution in [1.29, 1.82) is 0 Å². The summed E-state index contributed by atoms with van der Waals surface area (Å²) in [5.74, 6) is 0.311. The normalized spacial score (nSPS) is 26.8. The molecule has 6 heteroatoms. The van der Waals surface area contributed by atoms with Crippen LogP contribution in [0.15, 0.2) is 29.2 Å². The van der Waals surface area contributed by atoms with Crippen molar-refractivity contribution in [3.63, 3.8) is 0 Å². The van der Waals surface area contributed by atoms with Crippen LogP contribution in [0.3, 0.4) is 0 Å². The first-order valence-corrected chi connectivity index (χ1v) is 7.93. The molecule has 2 heterocycles. The third kappa shape index (κ3) is 2.26. The second kappa shape index (κ2) is 4.31. The number of hydrogen-bond acceptors (Lipinski definition) is 4. The van der Waals surface area contributed by atoms with Gasteiger partial charge in [0.1, 0.15) is 5.78 Å². The molecule has 2 bridgehead atoms. The molecule has 2 unspecified atom stereocenters. The number of rotatable bonds is 2. The molecule has 2 atom stereocenters. The van der Waals surface area contributed by atoms with Gasteiger partial charge in [-0.15, -0.1) is 0 Å². The van der Waals surface area contributed by atoms with Crippen LogP contribution in [0.4, 0.5) is 5.69 Å². The van der Waals surface area contributed by atoms with Gasteiger partial charge in [-0.1, -0.05) is 6.07 Å². The van der Waals surface area contributed by atoms with Gasteiger partial charge < -0.3 is 4.90 Å². The van der Waals surface area contributed by atoms with Crippen molar-refractivity contribution in [2.45, 2.75) is 42.7 Å². The van der Waals surface area contributed by atoms with Crippen molar-refractivity contribution in [3.8, 4) is 0 Å². The number of hydrogen-bond donors (Lipinski definition) is 1. The van der Waals surface area contributed by atoms with E-state index in [1.807, 2.05) is 6.07 Å².